The molecule has 1 heterocycles. The van der Waals surface area contributed by atoms with E-state index < -0.39 is 0 Å². The van der Waals surface area contributed by atoms with Crippen molar-refractivity contribution in [3.63, 3.8) is 0 Å². The van der Waals surface area contributed by atoms with Gasteiger partial charge < -0.3 is 0 Å². The molecule has 0 saturated carbocycles. The van der Waals surface area contributed by atoms with Gasteiger partial charge in [0.1, 0.15) is 0 Å². The number of carbonyl (C=O) groups is 2. The minimum Gasteiger partial charge on any atom is -0.274 e. The quantitative estimate of drug-likeness (QED) is 0.314. The van der Waals surface area contributed by atoms with Crippen LogP contribution in [-0.2, 0) is 14.4 Å². The number of hydrogen-bond acceptors (Lipinski definition) is 4. The second-order valence-electron chi connectivity index (χ2n) is 2.13. The third-order valence-electron chi connectivity index (χ3n) is 1.40. The normalized spacial score (nSPS) is 15.2. The molecule has 1 aliphatic heterocycles. The van der Waals surface area contributed by atoms with Crippen LogP contribution in [0.1, 0.15) is 0 Å². The van der Waals surface area contributed by atoms with Gasteiger partial charge in [0.2, 0.25) is 6.08 Å². The molecule has 0 N–H and O–H groups in total. The molecule has 12 heavy (non-hydrogen) atoms. The highest BCUT2D eigenvalue weighted by Gasteiger charge is 2.21. The van der Waals surface area contributed by atoms with E-state index in [2.05, 4.69) is 4.99 Å². The monoisotopic (exact) mass is 166 g/mol. The Morgan fingerprint density at radius 2 is 1.92 bits per heavy atom. The largest absolute Gasteiger partial charge is 0.274 e. The highest BCUT2D eigenvalue weighted by molar-refractivity contribution is 6.12. The zero-order valence-electron chi connectivity index (χ0n) is 6.19. The molecule has 5 nitrogen and oxygen atoms in total. The van der Waals surface area contributed by atoms with Gasteiger partial charge in [0.25, 0.3) is 11.8 Å². The van der Waals surface area contributed by atoms with Gasteiger partial charge in [0.05, 0.1) is 6.54 Å². The van der Waals surface area contributed by atoms with Crippen molar-refractivity contribution >= 4 is 17.9 Å². The summed E-state index contributed by atoms with van der Waals surface area (Å²) in [6, 6.07) is 0. The molecule has 5 heteroatoms. The Labute approximate surface area is 68.4 Å². The summed E-state index contributed by atoms with van der Waals surface area (Å²) in [6.45, 7) is 0.253. The molecule has 0 aliphatic carbocycles. The highest BCUT2D eigenvalue weighted by Crippen LogP contribution is 2.01. The molecule has 0 fully saturated rings. The van der Waals surface area contributed by atoms with Gasteiger partial charge in [0.15, 0.2) is 0 Å². The van der Waals surface area contributed by atoms with Crippen molar-refractivity contribution in [2.75, 3.05) is 13.1 Å². The molecule has 1 aliphatic rings. The van der Waals surface area contributed by atoms with Gasteiger partial charge in [-0.2, -0.15) is 0 Å². The fraction of sp³-hybridized carbons (Fsp3) is 0.286. The van der Waals surface area contributed by atoms with Crippen molar-refractivity contribution in [2.45, 2.75) is 0 Å². The predicted molar refractivity (Wildman–Crippen MR) is 38.8 cm³/mol. The lowest BCUT2D eigenvalue weighted by molar-refractivity contribution is -0.136. The van der Waals surface area contributed by atoms with Crippen LogP contribution in [-0.4, -0.2) is 35.9 Å². The fourth-order valence-corrected chi connectivity index (χ4v) is 0.847. The van der Waals surface area contributed by atoms with Crippen LogP contribution in [0.5, 0.6) is 0 Å². The molecule has 0 unspecified atom stereocenters. The van der Waals surface area contributed by atoms with E-state index in [1.54, 1.807) is 0 Å². The molecule has 2 amide bonds. The van der Waals surface area contributed by atoms with E-state index in [1.807, 2.05) is 0 Å². The van der Waals surface area contributed by atoms with E-state index in [0.29, 0.717) is 0 Å². The maximum absolute atomic E-state index is 10.9. The number of imide groups is 1. The van der Waals surface area contributed by atoms with Crippen molar-refractivity contribution in [1.82, 2.24) is 4.90 Å². The fourth-order valence-electron chi connectivity index (χ4n) is 0.847. The van der Waals surface area contributed by atoms with E-state index >= 15 is 0 Å². The Morgan fingerprint density at radius 3 is 2.42 bits per heavy atom. The van der Waals surface area contributed by atoms with Crippen LogP contribution in [0.4, 0.5) is 0 Å². The molecule has 0 bridgehead atoms. The topological polar surface area (TPSA) is 66.8 Å². The molecular formula is C7H6N2O3. The van der Waals surface area contributed by atoms with E-state index in [1.165, 1.54) is 18.2 Å². The van der Waals surface area contributed by atoms with Crippen LogP contribution < -0.4 is 0 Å². The van der Waals surface area contributed by atoms with Crippen LogP contribution >= 0.6 is 0 Å². The minimum absolute atomic E-state index is 0.114. The smallest absolute Gasteiger partial charge is 0.253 e. The van der Waals surface area contributed by atoms with Crippen LogP contribution in [0.25, 0.3) is 0 Å². The first kappa shape index (κ1) is 8.36. The number of rotatable bonds is 3. The Balaban J connectivity index is 2.48. The molecule has 0 aromatic carbocycles. The standard InChI is InChI=1S/C7H6N2O3/c10-5-8-3-4-9-6(11)1-2-7(9)12/h1-2H,3-4H2. The molecule has 0 aromatic rings. The lowest BCUT2D eigenvalue weighted by atomic mass is 10.5. The number of hydrogen-bond donors (Lipinski definition) is 0. The second kappa shape index (κ2) is 3.59. The van der Waals surface area contributed by atoms with Crippen molar-refractivity contribution in [3.05, 3.63) is 12.2 Å². The maximum Gasteiger partial charge on any atom is 0.253 e. The zero-order valence-corrected chi connectivity index (χ0v) is 6.19. The van der Waals surface area contributed by atoms with Crippen molar-refractivity contribution in [2.24, 2.45) is 4.99 Å². The Kier molecular flexibility index (Phi) is 2.50. The Bertz CT molecular complexity index is 271. The summed E-state index contributed by atoms with van der Waals surface area (Å²) in [5, 5.41) is 0. The third kappa shape index (κ3) is 1.65. The first-order chi connectivity index (χ1) is 5.75. The summed E-state index contributed by atoms with van der Waals surface area (Å²) < 4.78 is 0. The van der Waals surface area contributed by atoms with E-state index in [-0.39, 0.29) is 24.9 Å². The zero-order chi connectivity index (χ0) is 8.97. The summed E-state index contributed by atoms with van der Waals surface area (Å²) in [7, 11) is 0. The molecule has 0 aromatic heterocycles. The lowest BCUT2D eigenvalue weighted by Gasteiger charge is -2.10. The SMILES string of the molecule is O=C=NCCN1C(=O)C=CC1=O. The van der Waals surface area contributed by atoms with E-state index in [4.69, 9.17) is 0 Å². The Morgan fingerprint density at radius 1 is 1.33 bits per heavy atom. The van der Waals surface area contributed by atoms with Crippen LogP contribution in [0, 0.1) is 0 Å². The predicted octanol–water partition coefficient (Wildman–Crippen LogP) is -0.753. The van der Waals surface area contributed by atoms with E-state index in [0.717, 1.165) is 4.90 Å². The lowest BCUT2D eigenvalue weighted by Crippen LogP contribution is -2.32. The molecule has 0 saturated heterocycles. The third-order valence-corrected chi connectivity index (χ3v) is 1.40. The van der Waals surface area contributed by atoms with Gasteiger partial charge in [-0.05, 0) is 0 Å². The average Bonchev–Trinajstić information content (AvgIpc) is 2.35. The molecule has 0 atom stereocenters. The first-order valence-electron chi connectivity index (χ1n) is 3.33. The Hall–Kier alpha value is -1.74. The first-order valence-corrected chi connectivity index (χ1v) is 3.33. The average molecular weight is 166 g/mol. The number of nitrogens with zero attached hydrogens (tertiary/aromatic N) is 2. The molecule has 62 valence electrons. The van der Waals surface area contributed by atoms with Crippen molar-refractivity contribution in [3.8, 4) is 0 Å². The summed E-state index contributed by atoms with van der Waals surface area (Å²) in [5.74, 6) is -0.720. The summed E-state index contributed by atoms with van der Waals surface area (Å²) in [4.78, 5) is 35.6. The molecule has 1 rings (SSSR count). The number of aliphatic imine (C=N–C) groups is 1. The van der Waals surface area contributed by atoms with Crippen LogP contribution in [0.2, 0.25) is 0 Å². The van der Waals surface area contributed by atoms with Gasteiger partial charge in [-0.1, -0.05) is 0 Å². The van der Waals surface area contributed by atoms with Crippen molar-refractivity contribution in [1.29, 1.82) is 0 Å². The number of amides is 2. The minimum atomic E-state index is -0.360. The highest BCUT2D eigenvalue weighted by atomic mass is 16.2. The van der Waals surface area contributed by atoms with E-state index in [9.17, 15) is 14.4 Å². The summed E-state index contributed by atoms with van der Waals surface area (Å²) in [5.41, 5.74) is 0. The number of carbonyl (C=O) groups excluding carboxylic acids is 3. The molecule has 0 radical (unpaired) electrons. The summed E-state index contributed by atoms with van der Waals surface area (Å²) in [6.07, 6.45) is 3.70. The summed E-state index contributed by atoms with van der Waals surface area (Å²) >= 11 is 0. The van der Waals surface area contributed by atoms with Crippen molar-refractivity contribution < 1.29 is 14.4 Å². The van der Waals surface area contributed by atoms with Gasteiger partial charge in [-0.3, -0.25) is 14.5 Å². The van der Waals surface area contributed by atoms with Crippen LogP contribution in [0.15, 0.2) is 17.1 Å². The van der Waals surface area contributed by atoms with Gasteiger partial charge in [-0.15, -0.1) is 0 Å². The number of isocyanates is 1. The molecule has 0 spiro atoms. The maximum atomic E-state index is 10.9. The molecular weight excluding hydrogens is 160 g/mol. The second-order valence-corrected chi connectivity index (χ2v) is 2.13. The van der Waals surface area contributed by atoms with Crippen LogP contribution in [0.3, 0.4) is 0 Å². The van der Waals surface area contributed by atoms with Gasteiger partial charge in [0, 0.05) is 18.7 Å². The van der Waals surface area contributed by atoms with Gasteiger partial charge in [-0.25, -0.2) is 9.79 Å². The van der Waals surface area contributed by atoms with Gasteiger partial charge >= 0.3 is 0 Å².